The summed E-state index contributed by atoms with van der Waals surface area (Å²) in [6.07, 6.45) is 8.88. The summed E-state index contributed by atoms with van der Waals surface area (Å²) in [5.41, 5.74) is 2.82. The Balaban J connectivity index is 1.69. The minimum atomic E-state index is 0.693. The molecule has 0 radical (unpaired) electrons. The van der Waals surface area contributed by atoms with Crippen LogP contribution in [0, 0.1) is 0 Å². The van der Waals surface area contributed by atoms with E-state index < -0.39 is 0 Å². The van der Waals surface area contributed by atoms with Gasteiger partial charge in [0.1, 0.15) is 0 Å². The van der Waals surface area contributed by atoms with Crippen LogP contribution in [-0.4, -0.2) is 12.1 Å². The smallest absolute Gasteiger partial charge is 0.0938 e. The molecule has 0 amide bonds. The number of hydrogen-bond acceptors (Lipinski definition) is 2. The van der Waals surface area contributed by atoms with Crippen LogP contribution in [0.3, 0.4) is 0 Å². The van der Waals surface area contributed by atoms with Crippen molar-refractivity contribution in [3.8, 4) is 0 Å². The van der Waals surface area contributed by atoms with E-state index in [4.69, 9.17) is 4.42 Å². The maximum absolute atomic E-state index is 5.13. The third kappa shape index (κ3) is 1.07. The molecule has 12 heavy (non-hydrogen) atoms. The van der Waals surface area contributed by atoms with Crippen LogP contribution in [0.1, 0.15) is 24.0 Å². The highest BCUT2D eigenvalue weighted by atomic mass is 16.3. The molecule has 1 heterocycles. The van der Waals surface area contributed by atoms with E-state index in [2.05, 4.69) is 5.32 Å². The van der Waals surface area contributed by atoms with Crippen molar-refractivity contribution in [1.82, 2.24) is 5.32 Å². The average molecular weight is 163 g/mol. The van der Waals surface area contributed by atoms with Crippen LogP contribution in [0.5, 0.6) is 0 Å². The molecule has 2 heteroatoms. The van der Waals surface area contributed by atoms with Crippen LogP contribution in [0.25, 0.3) is 0 Å². The third-order valence-electron chi connectivity index (χ3n) is 2.81. The fourth-order valence-electron chi connectivity index (χ4n) is 2.01. The van der Waals surface area contributed by atoms with Gasteiger partial charge in [-0.3, -0.25) is 0 Å². The van der Waals surface area contributed by atoms with Crippen molar-refractivity contribution in [3.63, 3.8) is 0 Å². The molecule has 0 bridgehead atoms. The maximum atomic E-state index is 5.13. The number of rotatable bonds is 2. The van der Waals surface area contributed by atoms with Crippen molar-refractivity contribution in [2.75, 3.05) is 0 Å². The SMILES string of the molecule is c1occ2c1CC(NC1CC1)C2. The highest BCUT2D eigenvalue weighted by Gasteiger charge is 2.29. The second-order valence-electron chi connectivity index (χ2n) is 3.97. The summed E-state index contributed by atoms with van der Waals surface area (Å²) >= 11 is 0. The minimum absolute atomic E-state index is 0.693. The normalized spacial score (nSPS) is 23.0. The highest BCUT2D eigenvalue weighted by molar-refractivity contribution is 5.28. The predicted octanol–water partition coefficient (Wildman–Crippen LogP) is 1.50. The molecule has 0 unspecified atom stereocenters. The third-order valence-corrected chi connectivity index (χ3v) is 2.81. The topological polar surface area (TPSA) is 25.2 Å². The molecule has 0 aliphatic heterocycles. The second-order valence-corrected chi connectivity index (χ2v) is 3.97. The van der Waals surface area contributed by atoms with Crippen LogP contribution in [-0.2, 0) is 12.8 Å². The molecule has 1 aromatic heterocycles. The lowest BCUT2D eigenvalue weighted by atomic mass is 10.2. The molecule has 2 nitrogen and oxygen atoms in total. The monoisotopic (exact) mass is 163 g/mol. The molecule has 1 saturated carbocycles. The van der Waals surface area contributed by atoms with Gasteiger partial charge in [-0.25, -0.2) is 0 Å². The fourth-order valence-corrected chi connectivity index (χ4v) is 2.01. The zero-order valence-corrected chi connectivity index (χ0v) is 7.05. The van der Waals surface area contributed by atoms with Crippen molar-refractivity contribution >= 4 is 0 Å². The number of fused-ring (bicyclic) bond motifs is 1. The first-order valence-corrected chi connectivity index (χ1v) is 4.72. The van der Waals surface area contributed by atoms with Gasteiger partial charge in [0.25, 0.3) is 0 Å². The molecule has 1 aromatic rings. The van der Waals surface area contributed by atoms with Crippen LogP contribution in [0.2, 0.25) is 0 Å². The Morgan fingerprint density at radius 1 is 1.08 bits per heavy atom. The minimum Gasteiger partial charge on any atom is -0.472 e. The number of furan rings is 1. The Morgan fingerprint density at radius 2 is 1.75 bits per heavy atom. The molecule has 0 aromatic carbocycles. The lowest BCUT2D eigenvalue weighted by molar-refractivity contribution is 0.505. The molecule has 0 saturated heterocycles. The summed E-state index contributed by atoms with van der Waals surface area (Å²) in [5, 5.41) is 3.64. The Kier molecular flexibility index (Phi) is 1.32. The van der Waals surface area contributed by atoms with Crippen molar-refractivity contribution in [3.05, 3.63) is 23.7 Å². The molecular formula is C10H13NO. The molecular weight excluding hydrogens is 150 g/mol. The van der Waals surface area contributed by atoms with Crippen molar-refractivity contribution < 1.29 is 4.42 Å². The first-order valence-electron chi connectivity index (χ1n) is 4.72. The summed E-state index contributed by atoms with van der Waals surface area (Å²) in [5.74, 6) is 0. The second kappa shape index (κ2) is 2.36. The lowest BCUT2D eigenvalue weighted by Gasteiger charge is -2.09. The van der Waals surface area contributed by atoms with Gasteiger partial charge in [0, 0.05) is 12.1 Å². The Hall–Kier alpha value is -0.760. The van der Waals surface area contributed by atoms with Gasteiger partial charge in [0.2, 0.25) is 0 Å². The van der Waals surface area contributed by atoms with Gasteiger partial charge in [0.15, 0.2) is 0 Å². The summed E-state index contributed by atoms with van der Waals surface area (Å²) in [6, 6.07) is 1.52. The molecule has 0 atom stereocenters. The van der Waals surface area contributed by atoms with Gasteiger partial charge in [-0.2, -0.15) is 0 Å². The van der Waals surface area contributed by atoms with Gasteiger partial charge in [-0.1, -0.05) is 0 Å². The van der Waals surface area contributed by atoms with Crippen molar-refractivity contribution in [2.24, 2.45) is 0 Å². The lowest BCUT2D eigenvalue weighted by Crippen LogP contribution is -2.31. The van der Waals surface area contributed by atoms with Crippen LogP contribution in [0.15, 0.2) is 16.9 Å². The van der Waals surface area contributed by atoms with E-state index in [1.165, 1.54) is 36.8 Å². The number of nitrogens with one attached hydrogen (secondary N) is 1. The molecule has 0 spiro atoms. The predicted molar refractivity (Wildman–Crippen MR) is 46.1 cm³/mol. The van der Waals surface area contributed by atoms with E-state index in [1.807, 2.05) is 12.5 Å². The Labute approximate surface area is 72.0 Å². The fraction of sp³-hybridized carbons (Fsp3) is 0.600. The van der Waals surface area contributed by atoms with Gasteiger partial charge in [-0.05, 0) is 36.8 Å². The van der Waals surface area contributed by atoms with E-state index in [9.17, 15) is 0 Å². The molecule has 3 rings (SSSR count). The van der Waals surface area contributed by atoms with E-state index in [0.29, 0.717) is 6.04 Å². The average Bonchev–Trinajstić information content (AvgIpc) is 2.56. The zero-order valence-electron chi connectivity index (χ0n) is 7.05. The molecule has 2 aliphatic rings. The molecule has 1 N–H and O–H groups in total. The zero-order chi connectivity index (χ0) is 7.97. The van der Waals surface area contributed by atoms with Gasteiger partial charge in [0.05, 0.1) is 12.5 Å². The van der Waals surface area contributed by atoms with E-state index in [1.54, 1.807) is 0 Å². The van der Waals surface area contributed by atoms with Gasteiger partial charge >= 0.3 is 0 Å². The Morgan fingerprint density at radius 3 is 2.33 bits per heavy atom. The first-order chi connectivity index (χ1) is 5.92. The maximum Gasteiger partial charge on any atom is 0.0938 e. The molecule has 2 aliphatic carbocycles. The molecule has 1 fully saturated rings. The highest BCUT2D eigenvalue weighted by Crippen LogP contribution is 2.26. The van der Waals surface area contributed by atoms with E-state index in [-0.39, 0.29) is 0 Å². The quantitative estimate of drug-likeness (QED) is 0.714. The summed E-state index contributed by atoms with van der Waals surface area (Å²) < 4.78 is 5.13. The Bertz CT molecular complexity index is 267. The van der Waals surface area contributed by atoms with E-state index >= 15 is 0 Å². The largest absolute Gasteiger partial charge is 0.472 e. The summed E-state index contributed by atoms with van der Waals surface area (Å²) in [6.45, 7) is 0. The summed E-state index contributed by atoms with van der Waals surface area (Å²) in [4.78, 5) is 0. The van der Waals surface area contributed by atoms with Crippen LogP contribution < -0.4 is 5.32 Å². The number of hydrogen-bond donors (Lipinski definition) is 1. The van der Waals surface area contributed by atoms with Gasteiger partial charge < -0.3 is 9.73 Å². The van der Waals surface area contributed by atoms with E-state index in [0.717, 1.165) is 6.04 Å². The first kappa shape index (κ1) is 6.72. The molecule has 64 valence electrons. The standard InChI is InChI=1S/C10H13NO/c1-2-9(1)11-10-3-7-5-12-6-8(7)4-10/h5-6,9-11H,1-4H2. The van der Waals surface area contributed by atoms with Crippen LogP contribution >= 0.6 is 0 Å². The van der Waals surface area contributed by atoms with Crippen LogP contribution in [0.4, 0.5) is 0 Å². The van der Waals surface area contributed by atoms with Crippen molar-refractivity contribution in [1.29, 1.82) is 0 Å². The summed E-state index contributed by atoms with van der Waals surface area (Å²) in [7, 11) is 0. The van der Waals surface area contributed by atoms with Crippen molar-refractivity contribution in [2.45, 2.75) is 37.8 Å². The van der Waals surface area contributed by atoms with Gasteiger partial charge in [-0.15, -0.1) is 0 Å².